The summed E-state index contributed by atoms with van der Waals surface area (Å²) in [6.07, 6.45) is -20.8. The Hall–Kier alpha value is -3.47. The van der Waals surface area contributed by atoms with Crippen molar-refractivity contribution in [3.63, 3.8) is 0 Å². The zero-order valence-electron chi connectivity index (χ0n) is 29.8. The van der Waals surface area contributed by atoms with E-state index in [1.807, 2.05) is 0 Å². The molecule has 346 valence electrons. The van der Waals surface area contributed by atoms with Gasteiger partial charge in [0.25, 0.3) is 0 Å². The van der Waals surface area contributed by atoms with E-state index in [-0.39, 0.29) is 17.7 Å². The molecule has 8 nitrogen and oxygen atoms in total. The number of benzene rings is 1. The monoisotopic (exact) mass is 926 g/mol. The van der Waals surface area contributed by atoms with Crippen LogP contribution in [0.5, 0.6) is 0 Å². The summed E-state index contributed by atoms with van der Waals surface area (Å²) in [5, 5.41) is 0. The highest BCUT2D eigenvalue weighted by molar-refractivity contribution is 5.67. The van der Waals surface area contributed by atoms with E-state index in [0.29, 0.717) is 0 Å². The number of fused-ring (bicyclic) bond motifs is 1. The van der Waals surface area contributed by atoms with Gasteiger partial charge in [-0.1, -0.05) is 24.3 Å². The molecule has 0 bridgehead atoms. The fraction of sp³-hybridized carbons (Fsp3) is 0.742. The lowest BCUT2D eigenvalue weighted by molar-refractivity contribution is -0.474. The summed E-state index contributed by atoms with van der Waals surface area (Å²) in [5.41, 5.74) is -0.108. The zero-order valence-corrected chi connectivity index (χ0v) is 29.8. The fourth-order valence-electron chi connectivity index (χ4n) is 5.65. The van der Waals surface area contributed by atoms with Gasteiger partial charge in [-0.2, -0.15) is 92.2 Å². The van der Waals surface area contributed by atoms with E-state index in [1.54, 1.807) is 0 Å². The van der Waals surface area contributed by atoms with Gasteiger partial charge in [-0.25, -0.2) is 0 Å². The number of esters is 2. The number of carbonyl (C=O) groups is 2. The Morgan fingerprint density at radius 2 is 1.02 bits per heavy atom. The zero-order chi connectivity index (χ0) is 46.7. The minimum atomic E-state index is -9.23. The fourth-order valence-corrected chi connectivity index (χ4v) is 5.65. The minimum absolute atomic E-state index is 0.0682. The van der Waals surface area contributed by atoms with Gasteiger partial charge in [-0.05, 0) is 18.4 Å². The molecule has 0 radical (unpaired) electrons. The molecule has 0 spiro atoms. The van der Waals surface area contributed by atoms with Gasteiger partial charge in [-0.15, -0.1) is 0 Å². The second kappa shape index (κ2) is 16.3. The SMILES string of the molecule is CO[C@H]1O[C@@H]2COC(c3ccc(CCCC(F)(F)C(F)(F)C(F)(F)C(F)(F)C(F)(F)C(F)(F)C(F)(F)C(F)(F)C(F)(F)C(F)(F)F)cc3)O[C@H]2[C@H](OC(C)=O)[C@H]1OC(C)=O. The molecule has 29 heteroatoms. The van der Waals surface area contributed by atoms with Crippen LogP contribution in [0.15, 0.2) is 24.3 Å². The van der Waals surface area contributed by atoms with Crippen molar-refractivity contribution in [1.29, 1.82) is 0 Å². The molecule has 1 aromatic rings. The molecule has 1 unspecified atom stereocenters. The number of hydrogen-bond acceptors (Lipinski definition) is 8. The molecule has 0 amide bonds. The minimum Gasteiger partial charge on any atom is -0.455 e. The molecule has 1 aromatic carbocycles. The molecule has 0 aromatic heterocycles. The van der Waals surface area contributed by atoms with E-state index in [4.69, 9.17) is 28.4 Å². The van der Waals surface area contributed by atoms with Gasteiger partial charge >= 0.3 is 71.4 Å². The van der Waals surface area contributed by atoms with Crippen molar-refractivity contribution in [2.24, 2.45) is 0 Å². The average molecular weight is 927 g/mol. The number of alkyl halides is 21. The summed E-state index contributed by atoms with van der Waals surface area (Å²) < 4.78 is 320. The standard InChI is InChI=1S/C31H27F21O8/c1-12(53)57-18-17-16(59-21(55-3)19(18)58-13(2)54)11-56-20(60-17)15-8-6-14(7-9-15)5-4-10-22(32,33)23(34,35)24(36,37)25(38,39)26(40,41)27(42,43)28(44,45)29(46,47)30(48,49)31(50,51)52/h6-9,16-21H,4-5,10-11H2,1-3H3/t16-,17-,18+,19-,20?,21+/m1/s1. The molecule has 60 heavy (non-hydrogen) atoms. The van der Waals surface area contributed by atoms with Crippen LogP contribution in [0.3, 0.4) is 0 Å². The Balaban J connectivity index is 1.79. The third kappa shape index (κ3) is 8.26. The Bertz CT molecular complexity index is 1680. The molecule has 0 saturated carbocycles. The van der Waals surface area contributed by atoms with Crippen LogP contribution in [0.25, 0.3) is 0 Å². The number of ether oxygens (including phenoxy) is 6. The first-order valence-corrected chi connectivity index (χ1v) is 16.2. The van der Waals surface area contributed by atoms with Crippen molar-refractivity contribution in [2.75, 3.05) is 13.7 Å². The number of aryl methyl sites for hydroxylation is 1. The first-order valence-electron chi connectivity index (χ1n) is 16.2. The van der Waals surface area contributed by atoms with E-state index in [9.17, 15) is 102 Å². The highest BCUT2D eigenvalue weighted by Gasteiger charge is 2.97. The quantitative estimate of drug-likeness (QED) is 0.120. The molecule has 2 fully saturated rings. The Morgan fingerprint density at radius 1 is 0.600 bits per heavy atom. The Kier molecular flexibility index (Phi) is 13.9. The molecular weight excluding hydrogens is 899 g/mol. The number of carbonyl (C=O) groups excluding carboxylic acids is 2. The number of methoxy groups -OCH3 is 1. The second-order valence-corrected chi connectivity index (χ2v) is 13.1. The molecule has 2 saturated heterocycles. The summed E-state index contributed by atoms with van der Waals surface area (Å²) in [5.74, 6) is -79.1. The lowest BCUT2D eigenvalue weighted by Gasteiger charge is -2.47. The maximum atomic E-state index is 14.4. The molecular formula is C31H27F21O8. The molecule has 0 N–H and O–H groups in total. The first kappa shape index (κ1) is 50.9. The highest BCUT2D eigenvalue weighted by Crippen LogP contribution is 2.66. The van der Waals surface area contributed by atoms with Crippen LogP contribution in [0.2, 0.25) is 0 Å². The summed E-state index contributed by atoms with van der Waals surface area (Å²) >= 11 is 0. The normalized spacial score (nSPS) is 24.5. The summed E-state index contributed by atoms with van der Waals surface area (Å²) in [4.78, 5) is 23.5. The van der Waals surface area contributed by atoms with Crippen molar-refractivity contribution >= 4 is 11.9 Å². The Labute approximate surface area is 321 Å². The van der Waals surface area contributed by atoms with E-state index in [1.165, 1.54) is 7.11 Å². The van der Waals surface area contributed by atoms with Gasteiger partial charge in [-0.3, -0.25) is 9.59 Å². The van der Waals surface area contributed by atoms with Crippen LogP contribution in [0.4, 0.5) is 92.2 Å². The Morgan fingerprint density at radius 3 is 1.43 bits per heavy atom. The van der Waals surface area contributed by atoms with E-state index in [2.05, 4.69) is 0 Å². The van der Waals surface area contributed by atoms with Crippen LogP contribution in [-0.4, -0.2) is 116 Å². The number of halogens is 21. The lowest BCUT2D eigenvalue weighted by atomic mass is 9.85. The van der Waals surface area contributed by atoms with Crippen LogP contribution >= 0.6 is 0 Å². The van der Waals surface area contributed by atoms with Crippen molar-refractivity contribution in [2.45, 2.75) is 130 Å². The highest BCUT2D eigenvalue weighted by atomic mass is 19.4. The maximum Gasteiger partial charge on any atom is 0.460 e. The van der Waals surface area contributed by atoms with Crippen LogP contribution in [-0.2, 0) is 44.4 Å². The van der Waals surface area contributed by atoms with Crippen molar-refractivity contribution in [3.05, 3.63) is 35.4 Å². The largest absolute Gasteiger partial charge is 0.460 e. The lowest BCUT2D eigenvalue weighted by Crippen LogP contribution is -2.76. The molecule has 2 aliphatic rings. The molecule has 0 aliphatic carbocycles. The molecule has 2 aliphatic heterocycles. The van der Waals surface area contributed by atoms with E-state index in [0.717, 1.165) is 38.1 Å². The third-order valence-corrected chi connectivity index (χ3v) is 8.90. The van der Waals surface area contributed by atoms with Gasteiger partial charge in [0.05, 0.1) is 6.61 Å². The van der Waals surface area contributed by atoms with Crippen molar-refractivity contribution in [3.8, 4) is 0 Å². The van der Waals surface area contributed by atoms with Crippen LogP contribution in [0, 0.1) is 0 Å². The van der Waals surface area contributed by atoms with Gasteiger partial charge < -0.3 is 28.4 Å². The smallest absolute Gasteiger partial charge is 0.455 e. The summed E-state index contributed by atoms with van der Waals surface area (Å²) in [6, 6.07) is 4.25. The second-order valence-electron chi connectivity index (χ2n) is 13.1. The molecule has 3 rings (SSSR count). The van der Waals surface area contributed by atoms with E-state index >= 15 is 0 Å². The van der Waals surface area contributed by atoms with Gasteiger partial charge in [0.2, 0.25) is 0 Å². The van der Waals surface area contributed by atoms with Gasteiger partial charge in [0.1, 0.15) is 12.2 Å². The van der Waals surface area contributed by atoms with Crippen molar-refractivity contribution in [1.82, 2.24) is 0 Å². The predicted molar refractivity (Wildman–Crippen MR) is 150 cm³/mol. The number of rotatable bonds is 16. The molecule has 2 heterocycles. The molecule has 6 atom stereocenters. The van der Waals surface area contributed by atoms with E-state index < -0.39 is 128 Å². The van der Waals surface area contributed by atoms with Gasteiger partial charge in [0.15, 0.2) is 24.8 Å². The van der Waals surface area contributed by atoms with Crippen LogP contribution in [0.1, 0.15) is 44.1 Å². The third-order valence-electron chi connectivity index (χ3n) is 8.90. The van der Waals surface area contributed by atoms with Gasteiger partial charge in [0, 0.05) is 32.9 Å². The predicted octanol–water partition coefficient (Wildman–Crippen LogP) is 8.94. The number of hydrogen-bond donors (Lipinski definition) is 0. The average Bonchev–Trinajstić information content (AvgIpc) is 3.10. The summed E-state index contributed by atoms with van der Waals surface area (Å²) in [6.45, 7) is 1.71. The topological polar surface area (TPSA) is 89.5 Å². The van der Waals surface area contributed by atoms with Crippen LogP contribution < -0.4 is 0 Å². The maximum absolute atomic E-state index is 14.4. The first-order chi connectivity index (χ1) is 26.8. The summed E-state index contributed by atoms with van der Waals surface area (Å²) in [7, 11) is 1.17. The van der Waals surface area contributed by atoms with Crippen molar-refractivity contribution < 1.29 is 130 Å².